The smallest absolute Gasteiger partial charge is 0.322 e. The van der Waals surface area contributed by atoms with Crippen molar-refractivity contribution in [1.29, 1.82) is 0 Å². The van der Waals surface area contributed by atoms with Crippen molar-refractivity contribution in [2.75, 3.05) is 18.6 Å². The van der Waals surface area contributed by atoms with Gasteiger partial charge in [0.15, 0.2) is 5.03 Å². The van der Waals surface area contributed by atoms with Gasteiger partial charge in [-0.1, -0.05) is 11.8 Å². The zero-order valence-corrected chi connectivity index (χ0v) is 12.6. The van der Waals surface area contributed by atoms with E-state index in [4.69, 9.17) is 5.73 Å². The Labute approximate surface area is 125 Å². The van der Waals surface area contributed by atoms with Crippen LogP contribution in [0.1, 0.15) is 25.0 Å². The Balaban J connectivity index is 2.13. The number of aryl methyl sites for hydroxylation is 1. The molecule has 1 aromatic heterocycles. The van der Waals surface area contributed by atoms with E-state index < -0.39 is 4.92 Å². The van der Waals surface area contributed by atoms with Gasteiger partial charge >= 0.3 is 11.7 Å². The van der Waals surface area contributed by atoms with E-state index in [1.165, 1.54) is 25.8 Å². The minimum absolute atomic E-state index is 0.0124. The summed E-state index contributed by atoms with van der Waals surface area (Å²) in [5.74, 6) is 0.318. The van der Waals surface area contributed by atoms with Gasteiger partial charge in [0.2, 0.25) is 5.95 Å². The van der Waals surface area contributed by atoms with E-state index in [9.17, 15) is 14.9 Å². The number of nitrogens with zero attached hydrogens (tertiary/aromatic N) is 3. The lowest BCUT2D eigenvalue weighted by Gasteiger charge is -2.13. The summed E-state index contributed by atoms with van der Waals surface area (Å²) < 4.78 is 4.68. The van der Waals surface area contributed by atoms with Crippen LogP contribution < -0.4 is 5.73 Å². The van der Waals surface area contributed by atoms with Gasteiger partial charge in [-0.25, -0.2) is 4.98 Å². The first-order chi connectivity index (χ1) is 9.87. The number of methoxy groups -OCH3 is 1. The number of hydrogen-bond donors (Lipinski definition) is 1. The first-order valence-electron chi connectivity index (χ1n) is 6.35. The minimum atomic E-state index is -0.503. The predicted octanol–water partition coefficient (Wildman–Crippen LogP) is 1.71. The van der Waals surface area contributed by atoms with Crippen LogP contribution in [0, 0.1) is 22.5 Å². The van der Waals surface area contributed by atoms with Crippen molar-refractivity contribution in [3.63, 3.8) is 0 Å². The Bertz CT molecular complexity index is 589. The van der Waals surface area contributed by atoms with Crippen molar-refractivity contribution in [1.82, 2.24) is 9.97 Å². The summed E-state index contributed by atoms with van der Waals surface area (Å²) in [7, 11) is 1.35. The van der Waals surface area contributed by atoms with Gasteiger partial charge in [0, 0.05) is 5.75 Å². The fraction of sp³-hybridized carbons (Fsp3) is 0.583. The Morgan fingerprint density at radius 2 is 2.19 bits per heavy atom. The van der Waals surface area contributed by atoms with Crippen LogP contribution >= 0.6 is 11.8 Å². The molecule has 0 bridgehead atoms. The average Bonchev–Trinajstić information content (AvgIpc) is 3.15. The van der Waals surface area contributed by atoms with Gasteiger partial charge in [0.1, 0.15) is 5.69 Å². The zero-order chi connectivity index (χ0) is 15.6. The summed E-state index contributed by atoms with van der Waals surface area (Å²) >= 11 is 1.25. The SMILES string of the molecule is COC(=O)CC1(CSc2nc(N)nc(C)c2[N+](=O)[O-])CC1. The van der Waals surface area contributed by atoms with Crippen LogP contribution in [0.5, 0.6) is 0 Å². The number of nitrogen functional groups attached to an aromatic ring is 1. The number of nitro groups is 1. The van der Waals surface area contributed by atoms with Crippen LogP contribution in [0.3, 0.4) is 0 Å². The molecule has 114 valence electrons. The normalized spacial score (nSPS) is 15.5. The number of carbonyl (C=O) groups is 1. The van der Waals surface area contributed by atoms with Crippen LogP contribution in [-0.4, -0.2) is 33.7 Å². The van der Waals surface area contributed by atoms with Gasteiger partial charge in [-0.2, -0.15) is 4.98 Å². The number of anilines is 1. The monoisotopic (exact) mass is 312 g/mol. The number of aromatic nitrogens is 2. The Morgan fingerprint density at radius 3 is 2.71 bits per heavy atom. The average molecular weight is 312 g/mol. The van der Waals surface area contributed by atoms with E-state index in [2.05, 4.69) is 14.7 Å². The van der Waals surface area contributed by atoms with Crippen molar-refractivity contribution < 1.29 is 14.5 Å². The van der Waals surface area contributed by atoms with E-state index in [0.29, 0.717) is 12.2 Å². The zero-order valence-electron chi connectivity index (χ0n) is 11.8. The third kappa shape index (κ3) is 3.60. The summed E-state index contributed by atoms with van der Waals surface area (Å²) in [5, 5.41) is 11.4. The summed E-state index contributed by atoms with van der Waals surface area (Å²) in [5.41, 5.74) is 5.53. The fourth-order valence-corrected chi connectivity index (χ4v) is 3.37. The maximum Gasteiger partial charge on any atom is 0.322 e. The largest absolute Gasteiger partial charge is 0.469 e. The van der Waals surface area contributed by atoms with Gasteiger partial charge < -0.3 is 10.5 Å². The Morgan fingerprint density at radius 1 is 1.52 bits per heavy atom. The highest BCUT2D eigenvalue weighted by atomic mass is 32.2. The molecule has 1 saturated carbocycles. The van der Waals surface area contributed by atoms with E-state index in [-0.39, 0.29) is 33.7 Å². The van der Waals surface area contributed by atoms with Gasteiger partial charge in [-0.3, -0.25) is 14.9 Å². The quantitative estimate of drug-likeness (QED) is 0.277. The van der Waals surface area contributed by atoms with E-state index in [0.717, 1.165) is 12.8 Å². The van der Waals surface area contributed by atoms with Crippen LogP contribution in [0.2, 0.25) is 0 Å². The lowest BCUT2D eigenvalue weighted by atomic mass is 10.1. The lowest BCUT2D eigenvalue weighted by molar-refractivity contribution is -0.389. The van der Waals surface area contributed by atoms with Crippen molar-refractivity contribution in [3.05, 3.63) is 15.8 Å². The van der Waals surface area contributed by atoms with Crippen molar-refractivity contribution in [2.45, 2.75) is 31.2 Å². The summed E-state index contributed by atoms with van der Waals surface area (Å²) in [6.07, 6.45) is 2.13. The summed E-state index contributed by atoms with van der Waals surface area (Å²) in [6.45, 7) is 1.53. The second-order valence-electron chi connectivity index (χ2n) is 5.12. The molecule has 0 amide bonds. The third-order valence-electron chi connectivity index (χ3n) is 3.45. The molecule has 0 radical (unpaired) electrons. The molecule has 21 heavy (non-hydrogen) atoms. The molecular formula is C12H16N4O4S. The van der Waals surface area contributed by atoms with E-state index in [1.54, 1.807) is 0 Å². The number of nitrogens with two attached hydrogens (primary N) is 1. The topological polar surface area (TPSA) is 121 Å². The molecule has 1 heterocycles. The third-order valence-corrected chi connectivity index (χ3v) is 4.76. The molecule has 1 fully saturated rings. The number of hydrogen-bond acceptors (Lipinski definition) is 8. The minimum Gasteiger partial charge on any atom is -0.469 e. The molecule has 1 aromatic rings. The second kappa shape index (κ2) is 5.84. The number of rotatable bonds is 6. The first-order valence-corrected chi connectivity index (χ1v) is 7.33. The molecule has 0 aliphatic heterocycles. The number of thioether (sulfide) groups is 1. The van der Waals surface area contributed by atoms with Crippen molar-refractivity contribution in [2.24, 2.45) is 5.41 Å². The molecule has 0 aromatic carbocycles. The van der Waals surface area contributed by atoms with Crippen LogP contribution in [0.15, 0.2) is 5.03 Å². The van der Waals surface area contributed by atoms with Gasteiger partial charge in [-0.15, -0.1) is 0 Å². The molecular weight excluding hydrogens is 296 g/mol. The molecule has 9 heteroatoms. The van der Waals surface area contributed by atoms with Gasteiger partial charge in [0.05, 0.1) is 18.5 Å². The molecule has 2 N–H and O–H groups in total. The van der Waals surface area contributed by atoms with Crippen molar-refractivity contribution in [3.8, 4) is 0 Å². The molecule has 0 unspecified atom stereocenters. The lowest BCUT2D eigenvalue weighted by Crippen LogP contribution is -2.13. The number of ether oxygens (including phenoxy) is 1. The number of carbonyl (C=O) groups excluding carboxylic acids is 1. The molecule has 0 spiro atoms. The second-order valence-corrected chi connectivity index (χ2v) is 6.08. The Hall–Kier alpha value is -1.90. The highest BCUT2D eigenvalue weighted by Gasteiger charge is 2.45. The maximum absolute atomic E-state index is 11.4. The maximum atomic E-state index is 11.4. The molecule has 0 saturated heterocycles. The van der Waals surface area contributed by atoms with E-state index >= 15 is 0 Å². The molecule has 1 aliphatic rings. The standard InChI is InChI=1S/C12H16N4O4S/c1-7-9(16(18)19)10(15-11(13)14-7)21-6-12(3-4-12)5-8(17)20-2/h3-6H2,1-2H3,(H2,13,14,15). The highest BCUT2D eigenvalue weighted by molar-refractivity contribution is 7.99. The predicted molar refractivity (Wildman–Crippen MR) is 76.9 cm³/mol. The molecule has 1 aliphatic carbocycles. The van der Waals surface area contributed by atoms with Crippen molar-refractivity contribution >= 4 is 29.4 Å². The highest BCUT2D eigenvalue weighted by Crippen LogP contribution is 2.52. The van der Waals surface area contributed by atoms with Gasteiger partial charge in [-0.05, 0) is 25.2 Å². The summed E-state index contributed by atoms with van der Waals surface area (Å²) in [6, 6.07) is 0. The molecule has 0 atom stereocenters. The number of esters is 1. The van der Waals surface area contributed by atoms with Crippen LogP contribution in [-0.2, 0) is 9.53 Å². The first kappa shape index (κ1) is 15.5. The van der Waals surface area contributed by atoms with Crippen LogP contribution in [0.25, 0.3) is 0 Å². The fourth-order valence-electron chi connectivity index (χ4n) is 2.02. The molecule has 2 rings (SSSR count). The summed E-state index contributed by atoms with van der Waals surface area (Å²) in [4.78, 5) is 29.8. The van der Waals surface area contributed by atoms with E-state index in [1.807, 2.05) is 0 Å². The molecule has 8 nitrogen and oxygen atoms in total. The van der Waals surface area contributed by atoms with Gasteiger partial charge in [0.25, 0.3) is 0 Å². The van der Waals surface area contributed by atoms with Crippen LogP contribution in [0.4, 0.5) is 11.6 Å². The Kier molecular flexibility index (Phi) is 4.31.